The van der Waals surface area contributed by atoms with Gasteiger partial charge in [-0.05, 0) is 30.5 Å². The van der Waals surface area contributed by atoms with Crippen LogP contribution in [0, 0.1) is 11.3 Å². The molecular weight excluding hydrogens is 356 g/mol. The molecule has 2 aromatic carbocycles. The zero-order chi connectivity index (χ0) is 20.4. The van der Waals surface area contributed by atoms with Gasteiger partial charge in [0.1, 0.15) is 17.4 Å². The molecule has 0 unspecified atom stereocenters. The molecule has 0 spiro atoms. The molecule has 6 nitrogen and oxygen atoms in total. The number of hydrogen-bond donors (Lipinski definition) is 1. The third-order valence-electron chi connectivity index (χ3n) is 4.17. The van der Waals surface area contributed by atoms with Crippen molar-refractivity contribution in [3.8, 4) is 23.3 Å². The minimum absolute atomic E-state index is 0.00905. The lowest BCUT2D eigenvalue weighted by molar-refractivity contribution is -0.117. The Morgan fingerprint density at radius 1 is 1.04 bits per heavy atom. The zero-order valence-electron chi connectivity index (χ0n) is 16.3. The second kappa shape index (κ2) is 10.6. The number of nitriles is 1. The highest BCUT2D eigenvalue weighted by atomic mass is 16.5. The van der Waals surface area contributed by atoms with Gasteiger partial charge < -0.3 is 19.5 Å². The van der Waals surface area contributed by atoms with Crippen LogP contribution in [0.5, 0.6) is 17.2 Å². The third-order valence-corrected chi connectivity index (χ3v) is 4.17. The van der Waals surface area contributed by atoms with Crippen LogP contribution >= 0.6 is 0 Å². The first kappa shape index (κ1) is 20.8. The molecular formula is C22H24N2O4. The van der Waals surface area contributed by atoms with Crippen molar-refractivity contribution in [2.45, 2.75) is 12.8 Å². The van der Waals surface area contributed by atoms with Gasteiger partial charge in [-0.15, -0.1) is 0 Å². The number of hydrogen-bond acceptors (Lipinski definition) is 5. The molecule has 0 saturated carbocycles. The van der Waals surface area contributed by atoms with E-state index in [2.05, 4.69) is 5.32 Å². The SMILES string of the molecule is COc1cc(OC)c(OC)cc1/C=C(/C#N)C(=O)NCCCc1ccccc1. The Labute approximate surface area is 165 Å². The molecule has 2 aromatic rings. The van der Waals surface area contributed by atoms with Gasteiger partial charge in [-0.25, -0.2) is 0 Å². The summed E-state index contributed by atoms with van der Waals surface area (Å²) < 4.78 is 15.9. The van der Waals surface area contributed by atoms with Crippen molar-refractivity contribution in [2.75, 3.05) is 27.9 Å². The summed E-state index contributed by atoms with van der Waals surface area (Å²) in [6.45, 7) is 0.482. The number of ether oxygens (including phenoxy) is 3. The van der Waals surface area contributed by atoms with Crippen molar-refractivity contribution >= 4 is 12.0 Å². The van der Waals surface area contributed by atoms with E-state index in [4.69, 9.17) is 14.2 Å². The molecule has 1 N–H and O–H groups in total. The van der Waals surface area contributed by atoms with Gasteiger partial charge >= 0.3 is 0 Å². The molecule has 0 aliphatic heterocycles. The molecule has 28 heavy (non-hydrogen) atoms. The van der Waals surface area contributed by atoms with Crippen LogP contribution in [0.4, 0.5) is 0 Å². The van der Waals surface area contributed by atoms with Crippen LogP contribution < -0.4 is 19.5 Å². The third kappa shape index (κ3) is 5.52. The highest BCUT2D eigenvalue weighted by Gasteiger charge is 2.14. The summed E-state index contributed by atoms with van der Waals surface area (Å²) in [6.07, 6.45) is 3.12. The Bertz CT molecular complexity index is 870. The van der Waals surface area contributed by atoms with Crippen molar-refractivity contribution < 1.29 is 19.0 Å². The number of nitrogens with zero attached hydrogens (tertiary/aromatic N) is 1. The van der Waals surface area contributed by atoms with E-state index in [1.165, 1.54) is 33.0 Å². The van der Waals surface area contributed by atoms with Crippen molar-refractivity contribution in [1.29, 1.82) is 5.26 Å². The monoisotopic (exact) mass is 380 g/mol. The second-order valence-electron chi connectivity index (χ2n) is 5.96. The number of carbonyl (C=O) groups excluding carboxylic acids is 1. The number of amides is 1. The van der Waals surface area contributed by atoms with Crippen molar-refractivity contribution in [3.63, 3.8) is 0 Å². The largest absolute Gasteiger partial charge is 0.496 e. The first-order valence-electron chi connectivity index (χ1n) is 8.86. The number of benzene rings is 2. The number of methoxy groups -OCH3 is 3. The van der Waals surface area contributed by atoms with Crippen LogP contribution in [0.3, 0.4) is 0 Å². The van der Waals surface area contributed by atoms with Gasteiger partial charge in [-0.1, -0.05) is 30.3 Å². The summed E-state index contributed by atoms with van der Waals surface area (Å²) in [5, 5.41) is 12.2. The van der Waals surface area contributed by atoms with Crippen molar-refractivity contribution in [3.05, 3.63) is 59.2 Å². The maximum Gasteiger partial charge on any atom is 0.261 e. The minimum Gasteiger partial charge on any atom is -0.496 e. The fourth-order valence-electron chi connectivity index (χ4n) is 2.70. The first-order chi connectivity index (χ1) is 13.6. The van der Waals surface area contributed by atoms with Gasteiger partial charge in [0.15, 0.2) is 11.5 Å². The summed E-state index contributed by atoms with van der Waals surface area (Å²) in [6, 6.07) is 15.3. The Balaban J connectivity index is 2.08. The lowest BCUT2D eigenvalue weighted by atomic mass is 10.1. The minimum atomic E-state index is -0.424. The number of rotatable bonds is 9. The quantitative estimate of drug-likeness (QED) is 0.410. The molecule has 0 fully saturated rings. The van der Waals surface area contributed by atoms with E-state index < -0.39 is 5.91 Å². The smallest absolute Gasteiger partial charge is 0.261 e. The number of carbonyl (C=O) groups is 1. The van der Waals surface area contributed by atoms with E-state index in [1.807, 2.05) is 36.4 Å². The average Bonchev–Trinajstić information content (AvgIpc) is 2.74. The molecule has 0 radical (unpaired) electrons. The van der Waals surface area contributed by atoms with Crippen molar-refractivity contribution in [2.24, 2.45) is 0 Å². The lowest BCUT2D eigenvalue weighted by Gasteiger charge is -2.12. The van der Waals surface area contributed by atoms with E-state index in [9.17, 15) is 10.1 Å². The highest BCUT2D eigenvalue weighted by Crippen LogP contribution is 2.35. The predicted octanol–water partition coefficient (Wildman–Crippen LogP) is 3.37. The van der Waals surface area contributed by atoms with Crippen LogP contribution in [-0.4, -0.2) is 33.8 Å². The van der Waals surface area contributed by atoms with Gasteiger partial charge in [-0.2, -0.15) is 5.26 Å². The molecule has 0 aliphatic rings. The molecule has 0 aromatic heterocycles. The Hall–Kier alpha value is -3.46. The maximum atomic E-state index is 12.4. The zero-order valence-corrected chi connectivity index (χ0v) is 16.3. The van der Waals surface area contributed by atoms with Crippen LogP contribution in [0.1, 0.15) is 17.5 Å². The van der Waals surface area contributed by atoms with E-state index in [1.54, 1.807) is 12.1 Å². The Morgan fingerprint density at radius 2 is 1.68 bits per heavy atom. The van der Waals surface area contributed by atoms with Gasteiger partial charge in [0.05, 0.1) is 21.3 Å². The average molecular weight is 380 g/mol. The lowest BCUT2D eigenvalue weighted by Crippen LogP contribution is -2.25. The van der Waals surface area contributed by atoms with Crippen LogP contribution in [0.25, 0.3) is 6.08 Å². The van der Waals surface area contributed by atoms with Crippen LogP contribution in [0.15, 0.2) is 48.0 Å². The topological polar surface area (TPSA) is 80.6 Å². The fourth-order valence-corrected chi connectivity index (χ4v) is 2.70. The van der Waals surface area contributed by atoms with E-state index in [0.29, 0.717) is 29.4 Å². The Kier molecular flexibility index (Phi) is 7.92. The molecule has 6 heteroatoms. The van der Waals surface area contributed by atoms with Crippen LogP contribution in [-0.2, 0) is 11.2 Å². The first-order valence-corrected chi connectivity index (χ1v) is 8.86. The van der Waals surface area contributed by atoms with E-state index in [-0.39, 0.29) is 5.57 Å². The molecule has 146 valence electrons. The Morgan fingerprint density at radius 3 is 2.29 bits per heavy atom. The predicted molar refractivity (Wildman–Crippen MR) is 107 cm³/mol. The molecule has 0 atom stereocenters. The van der Waals surface area contributed by atoms with Gasteiger partial charge in [-0.3, -0.25) is 4.79 Å². The summed E-state index contributed by atoms with van der Waals surface area (Å²) >= 11 is 0. The standard InChI is InChI=1S/C22H24N2O4/c1-26-19-14-21(28-3)20(27-2)13-17(19)12-18(15-23)22(25)24-11-7-10-16-8-5-4-6-9-16/h4-6,8-9,12-14H,7,10-11H2,1-3H3,(H,24,25)/b18-12-. The number of nitrogens with one attached hydrogen (secondary N) is 1. The molecule has 0 aliphatic carbocycles. The molecule has 2 rings (SSSR count). The maximum absolute atomic E-state index is 12.4. The van der Waals surface area contributed by atoms with Crippen LogP contribution in [0.2, 0.25) is 0 Å². The highest BCUT2D eigenvalue weighted by molar-refractivity contribution is 6.02. The normalized spacial score (nSPS) is 10.7. The summed E-state index contributed by atoms with van der Waals surface area (Å²) in [7, 11) is 4.55. The van der Waals surface area contributed by atoms with Crippen molar-refractivity contribution in [1.82, 2.24) is 5.32 Å². The molecule has 0 bridgehead atoms. The molecule has 0 saturated heterocycles. The molecule has 0 heterocycles. The van der Waals surface area contributed by atoms with E-state index >= 15 is 0 Å². The summed E-state index contributed by atoms with van der Waals surface area (Å²) in [4.78, 5) is 12.4. The van der Waals surface area contributed by atoms with Gasteiger partial charge in [0.25, 0.3) is 5.91 Å². The van der Waals surface area contributed by atoms with Gasteiger partial charge in [0, 0.05) is 18.2 Å². The van der Waals surface area contributed by atoms with Gasteiger partial charge in [0.2, 0.25) is 0 Å². The summed E-state index contributed by atoms with van der Waals surface area (Å²) in [5.41, 5.74) is 1.75. The van der Waals surface area contributed by atoms with E-state index in [0.717, 1.165) is 12.8 Å². The summed E-state index contributed by atoms with van der Waals surface area (Å²) in [5.74, 6) is 1.03. The fraction of sp³-hybridized carbons (Fsp3) is 0.273. The second-order valence-corrected chi connectivity index (χ2v) is 5.96. The number of aryl methyl sites for hydroxylation is 1. The molecule has 1 amide bonds.